The Morgan fingerprint density at radius 1 is 1.16 bits per heavy atom. The zero-order valence-corrected chi connectivity index (χ0v) is 10.1. The molecule has 0 radical (unpaired) electrons. The van der Waals surface area contributed by atoms with Gasteiger partial charge in [-0.25, -0.2) is 9.97 Å². The molecular weight excluding hydrogens is 293 g/mol. The zero-order valence-electron chi connectivity index (χ0n) is 9.24. The van der Waals surface area contributed by atoms with Crippen molar-refractivity contribution in [2.45, 2.75) is 17.1 Å². The Bertz CT molecular complexity index is 624. The lowest BCUT2D eigenvalue weighted by molar-refractivity contribution is -0.295. The number of rotatable bonds is 2. The van der Waals surface area contributed by atoms with E-state index in [4.69, 9.17) is 0 Å². The fourth-order valence-electron chi connectivity index (χ4n) is 1.38. The molecule has 4 nitrogen and oxygen atoms in total. The van der Waals surface area contributed by atoms with Gasteiger partial charge in [-0.05, 0) is 18.4 Å². The molecule has 19 heavy (non-hydrogen) atoms. The van der Waals surface area contributed by atoms with Crippen LogP contribution in [0.5, 0.6) is 0 Å². The molecule has 104 valence electrons. The van der Waals surface area contributed by atoms with Gasteiger partial charge in [-0.15, -0.1) is 11.8 Å². The molecular formula is C9H6F5N3OS. The van der Waals surface area contributed by atoms with Crippen LogP contribution >= 0.6 is 11.8 Å². The van der Waals surface area contributed by atoms with Gasteiger partial charge in [0.05, 0.1) is 5.03 Å². The van der Waals surface area contributed by atoms with Gasteiger partial charge in [0.15, 0.2) is 5.65 Å². The van der Waals surface area contributed by atoms with E-state index in [-0.39, 0.29) is 15.9 Å². The van der Waals surface area contributed by atoms with Crippen molar-refractivity contribution in [2.75, 3.05) is 6.26 Å². The van der Waals surface area contributed by atoms with Crippen LogP contribution in [0.2, 0.25) is 0 Å². The van der Waals surface area contributed by atoms with E-state index in [0.717, 1.165) is 17.8 Å². The molecule has 0 atom stereocenters. The van der Waals surface area contributed by atoms with E-state index in [9.17, 15) is 27.2 Å². The molecule has 0 saturated heterocycles. The van der Waals surface area contributed by atoms with E-state index in [2.05, 4.69) is 9.97 Å². The standard InChI is InChI=1S/C9H6F5N3OS/c1-19-5-3-2-4-6(15-5)16-7(17(4)18)8(10,11)9(12,13)14/h2-3,18H,1H3. The second-order valence-corrected chi connectivity index (χ2v) is 4.34. The minimum atomic E-state index is -5.85. The van der Waals surface area contributed by atoms with Crippen LogP contribution in [0, 0.1) is 0 Å². The monoisotopic (exact) mass is 299 g/mol. The van der Waals surface area contributed by atoms with Crippen LogP contribution in [0.25, 0.3) is 11.2 Å². The number of halogens is 5. The summed E-state index contributed by atoms with van der Waals surface area (Å²) in [6, 6.07) is 2.54. The van der Waals surface area contributed by atoms with E-state index in [1.807, 2.05) is 0 Å². The smallest absolute Gasteiger partial charge is 0.426 e. The Morgan fingerprint density at radius 2 is 1.79 bits per heavy atom. The molecule has 0 aliphatic carbocycles. The minimum absolute atomic E-state index is 0.292. The highest BCUT2D eigenvalue weighted by Gasteiger charge is 2.62. The number of fused-ring (bicyclic) bond motifs is 1. The van der Waals surface area contributed by atoms with Gasteiger partial charge in [0.2, 0.25) is 5.82 Å². The van der Waals surface area contributed by atoms with Crippen molar-refractivity contribution < 1.29 is 27.2 Å². The summed E-state index contributed by atoms with van der Waals surface area (Å²) in [6.07, 6.45) is -4.20. The number of hydrogen-bond donors (Lipinski definition) is 1. The number of hydrogen-bond acceptors (Lipinski definition) is 4. The molecule has 0 fully saturated rings. The quantitative estimate of drug-likeness (QED) is 0.526. The van der Waals surface area contributed by atoms with E-state index in [0.29, 0.717) is 5.03 Å². The van der Waals surface area contributed by atoms with Gasteiger partial charge in [-0.1, -0.05) is 0 Å². The Hall–Kier alpha value is -1.58. The normalized spacial score (nSPS) is 13.2. The summed E-state index contributed by atoms with van der Waals surface area (Å²) in [4.78, 5) is 6.82. The maximum absolute atomic E-state index is 13.1. The van der Waals surface area contributed by atoms with Crippen LogP contribution < -0.4 is 0 Å². The molecule has 2 aromatic rings. The topological polar surface area (TPSA) is 50.9 Å². The summed E-state index contributed by atoms with van der Waals surface area (Å²) in [5, 5.41) is 9.76. The Morgan fingerprint density at radius 3 is 2.32 bits per heavy atom. The number of alkyl halides is 5. The Kier molecular flexibility index (Phi) is 3.07. The van der Waals surface area contributed by atoms with E-state index in [1.165, 1.54) is 6.07 Å². The first kappa shape index (κ1) is 13.8. The third-order valence-corrected chi connectivity index (χ3v) is 2.96. The third-order valence-electron chi connectivity index (χ3n) is 2.32. The first-order valence-electron chi connectivity index (χ1n) is 4.76. The zero-order chi connectivity index (χ0) is 14.4. The summed E-state index contributed by atoms with van der Waals surface area (Å²) in [6.45, 7) is 0. The lowest BCUT2D eigenvalue weighted by atomic mass is 10.3. The van der Waals surface area contributed by atoms with Crippen molar-refractivity contribution in [1.82, 2.24) is 14.7 Å². The predicted molar refractivity (Wildman–Crippen MR) is 56.4 cm³/mol. The van der Waals surface area contributed by atoms with Gasteiger partial charge in [0.1, 0.15) is 5.52 Å². The highest BCUT2D eigenvalue weighted by molar-refractivity contribution is 7.98. The van der Waals surface area contributed by atoms with Crippen LogP contribution in [0.1, 0.15) is 5.82 Å². The van der Waals surface area contributed by atoms with Crippen molar-refractivity contribution in [1.29, 1.82) is 0 Å². The van der Waals surface area contributed by atoms with Crippen LogP contribution in [0.15, 0.2) is 17.2 Å². The van der Waals surface area contributed by atoms with Crippen molar-refractivity contribution in [3.63, 3.8) is 0 Å². The largest absolute Gasteiger partial charge is 0.461 e. The van der Waals surface area contributed by atoms with Gasteiger partial charge in [-0.3, -0.25) is 0 Å². The molecule has 2 heterocycles. The van der Waals surface area contributed by atoms with Crippen molar-refractivity contribution in [2.24, 2.45) is 0 Å². The highest BCUT2D eigenvalue weighted by Crippen LogP contribution is 2.43. The van der Waals surface area contributed by atoms with Gasteiger partial charge >= 0.3 is 12.1 Å². The molecule has 2 aromatic heterocycles. The molecule has 0 spiro atoms. The first-order chi connectivity index (χ1) is 8.68. The summed E-state index contributed by atoms with van der Waals surface area (Å²) < 4.78 is 62.7. The van der Waals surface area contributed by atoms with E-state index in [1.54, 1.807) is 6.26 Å². The second kappa shape index (κ2) is 4.22. The second-order valence-electron chi connectivity index (χ2n) is 3.52. The third kappa shape index (κ3) is 2.09. The summed E-state index contributed by atoms with van der Waals surface area (Å²) in [5.41, 5.74) is -0.704. The average molecular weight is 299 g/mol. The molecule has 0 saturated carbocycles. The Balaban J connectivity index is 2.66. The Labute approximate surface area is 107 Å². The number of imidazole rings is 1. The lowest BCUT2D eigenvalue weighted by Crippen LogP contribution is -2.36. The summed E-state index contributed by atoms with van der Waals surface area (Å²) >= 11 is 1.16. The summed E-state index contributed by atoms with van der Waals surface area (Å²) in [5.74, 6) is -7.07. The van der Waals surface area contributed by atoms with Crippen molar-refractivity contribution in [3.8, 4) is 0 Å². The maximum Gasteiger partial charge on any atom is 0.461 e. The van der Waals surface area contributed by atoms with E-state index < -0.39 is 17.9 Å². The molecule has 0 bridgehead atoms. The van der Waals surface area contributed by atoms with Crippen LogP contribution in [0.3, 0.4) is 0 Å². The van der Waals surface area contributed by atoms with Gasteiger partial charge < -0.3 is 5.21 Å². The van der Waals surface area contributed by atoms with Gasteiger partial charge in [0.25, 0.3) is 0 Å². The predicted octanol–water partition coefficient (Wildman–Crippen LogP) is 3.04. The number of aromatic nitrogens is 3. The number of nitrogens with zero attached hydrogens (tertiary/aromatic N) is 3. The maximum atomic E-state index is 13.1. The van der Waals surface area contributed by atoms with Crippen LogP contribution in [-0.4, -0.2) is 32.3 Å². The number of thioether (sulfide) groups is 1. The van der Waals surface area contributed by atoms with Gasteiger partial charge in [0, 0.05) is 0 Å². The fourth-order valence-corrected chi connectivity index (χ4v) is 1.76. The molecule has 10 heteroatoms. The van der Waals surface area contributed by atoms with Crippen LogP contribution in [0.4, 0.5) is 22.0 Å². The molecule has 1 N–H and O–H groups in total. The molecule has 0 amide bonds. The molecule has 0 aliphatic rings. The van der Waals surface area contributed by atoms with Crippen LogP contribution in [-0.2, 0) is 5.92 Å². The lowest BCUT2D eigenvalue weighted by Gasteiger charge is -2.17. The summed E-state index contributed by atoms with van der Waals surface area (Å²) in [7, 11) is 0. The SMILES string of the molecule is CSc1ccc2c(n1)nc(C(F)(F)C(F)(F)F)n2O. The molecule has 0 aromatic carbocycles. The molecule has 0 aliphatic heterocycles. The first-order valence-corrected chi connectivity index (χ1v) is 5.98. The van der Waals surface area contributed by atoms with Crippen molar-refractivity contribution >= 4 is 22.9 Å². The van der Waals surface area contributed by atoms with Gasteiger partial charge in [-0.2, -0.15) is 26.7 Å². The number of pyridine rings is 1. The molecule has 2 rings (SSSR count). The van der Waals surface area contributed by atoms with E-state index >= 15 is 0 Å². The fraction of sp³-hybridized carbons (Fsp3) is 0.333. The average Bonchev–Trinajstić information content (AvgIpc) is 2.65. The molecule has 0 unspecified atom stereocenters. The van der Waals surface area contributed by atoms with Crippen molar-refractivity contribution in [3.05, 3.63) is 18.0 Å². The highest BCUT2D eigenvalue weighted by atomic mass is 32.2. The minimum Gasteiger partial charge on any atom is -0.426 e.